The van der Waals surface area contributed by atoms with Crippen molar-refractivity contribution in [1.82, 2.24) is 4.90 Å². The minimum absolute atomic E-state index is 0.0905. The van der Waals surface area contributed by atoms with Crippen LogP contribution in [0.4, 0.5) is 5.00 Å². The summed E-state index contributed by atoms with van der Waals surface area (Å²) in [5.74, 6) is -1.93. The lowest BCUT2D eigenvalue weighted by Crippen LogP contribution is -2.29. The molecule has 7 nitrogen and oxygen atoms in total. The molecular formula is C27H24N2O5S. The quantitative estimate of drug-likeness (QED) is 0.279. The van der Waals surface area contributed by atoms with Gasteiger partial charge in [0.1, 0.15) is 10.6 Å². The van der Waals surface area contributed by atoms with E-state index in [1.54, 1.807) is 6.92 Å². The molecule has 0 spiro atoms. The Morgan fingerprint density at radius 1 is 1.03 bits per heavy atom. The Morgan fingerprint density at radius 3 is 2.43 bits per heavy atom. The van der Waals surface area contributed by atoms with Crippen molar-refractivity contribution in [2.45, 2.75) is 20.8 Å². The summed E-state index contributed by atoms with van der Waals surface area (Å²) in [7, 11) is 0. The van der Waals surface area contributed by atoms with Crippen LogP contribution in [0.15, 0.2) is 54.4 Å². The normalized spacial score (nSPS) is 12.5. The third kappa shape index (κ3) is 4.40. The number of carbonyl (C=O) groups is 4. The van der Waals surface area contributed by atoms with E-state index in [1.807, 2.05) is 37.4 Å². The van der Waals surface area contributed by atoms with Crippen molar-refractivity contribution in [2.75, 3.05) is 18.5 Å². The average Bonchev–Trinajstić information content (AvgIpc) is 3.34. The number of fused-ring (bicyclic) bond motifs is 1. The van der Waals surface area contributed by atoms with Crippen LogP contribution in [-0.2, 0) is 4.74 Å². The molecule has 0 saturated carbocycles. The Morgan fingerprint density at radius 2 is 1.74 bits per heavy atom. The maximum Gasteiger partial charge on any atom is 0.341 e. The molecule has 0 radical (unpaired) electrons. The second kappa shape index (κ2) is 9.68. The molecule has 3 aromatic rings. The molecule has 0 fully saturated rings. The molecule has 2 heterocycles. The maximum absolute atomic E-state index is 13.1. The first-order valence-electron chi connectivity index (χ1n) is 11.1. The fourth-order valence-electron chi connectivity index (χ4n) is 4.07. The van der Waals surface area contributed by atoms with E-state index in [1.165, 1.54) is 35.6 Å². The number of anilines is 1. The molecule has 178 valence electrons. The number of imide groups is 1. The van der Waals surface area contributed by atoms with Gasteiger partial charge in [-0.3, -0.25) is 19.3 Å². The average molecular weight is 489 g/mol. The Kier molecular flexibility index (Phi) is 6.66. The van der Waals surface area contributed by atoms with E-state index in [2.05, 4.69) is 11.9 Å². The van der Waals surface area contributed by atoms with Crippen LogP contribution in [-0.4, -0.2) is 41.7 Å². The lowest BCUT2D eigenvalue weighted by molar-refractivity contribution is 0.0528. The number of hydrogen-bond donors (Lipinski definition) is 1. The SMILES string of the molecule is C=CCN1C(=O)c2ccc(C(=O)Nc3scc(-c4ccc(C)cc4C)c3C(=O)OCC)cc2C1=O. The Hall–Kier alpha value is -4.04. The van der Waals surface area contributed by atoms with Gasteiger partial charge >= 0.3 is 5.97 Å². The zero-order chi connectivity index (χ0) is 25.3. The van der Waals surface area contributed by atoms with Crippen LogP contribution < -0.4 is 5.32 Å². The summed E-state index contributed by atoms with van der Waals surface area (Å²) in [4.78, 5) is 52.1. The van der Waals surface area contributed by atoms with Crippen LogP contribution >= 0.6 is 11.3 Å². The van der Waals surface area contributed by atoms with E-state index in [9.17, 15) is 19.2 Å². The molecular weight excluding hydrogens is 464 g/mol. The van der Waals surface area contributed by atoms with Gasteiger partial charge in [-0.1, -0.05) is 29.8 Å². The monoisotopic (exact) mass is 488 g/mol. The topological polar surface area (TPSA) is 92.8 Å². The predicted octanol–water partition coefficient (Wildman–Crippen LogP) is 5.24. The predicted molar refractivity (Wildman–Crippen MR) is 135 cm³/mol. The van der Waals surface area contributed by atoms with Crippen LogP contribution in [0.2, 0.25) is 0 Å². The highest BCUT2D eigenvalue weighted by Gasteiger charge is 2.35. The van der Waals surface area contributed by atoms with E-state index in [0.717, 1.165) is 21.6 Å². The van der Waals surface area contributed by atoms with Gasteiger partial charge in [0.25, 0.3) is 17.7 Å². The number of benzene rings is 2. The number of carbonyl (C=O) groups excluding carboxylic acids is 4. The maximum atomic E-state index is 13.1. The third-order valence-electron chi connectivity index (χ3n) is 5.71. The van der Waals surface area contributed by atoms with Gasteiger partial charge in [-0.2, -0.15) is 0 Å². The van der Waals surface area contributed by atoms with Crippen molar-refractivity contribution in [1.29, 1.82) is 0 Å². The number of thiophene rings is 1. The van der Waals surface area contributed by atoms with Gasteiger partial charge in [0.15, 0.2) is 0 Å². The minimum atomic E-state index is -0.534. The second-order valence-electron chi connectivity index (χ2n) is 8.12. The first-order chi connectivity index (χ1) is 16.8. The summed E-state index contributed by atoms with van der Waals surface area (Å²) in [6.45, 7) is 9.53. The van der Waals surface area contributed by atoms with Crippen LogP contribution in [0.5, 0.6) is 0 Å². The highest BCUT2D eigenvalue weighted by Crippen LogP contribution is 2.38. The van der Waals surface area contributed by atoms with E-state index in [0.29, 0.717) is 10.6 Å². The second-order valence-corrected chi connectivity index (χ2v) is 9.00. The van der Waals surface area contributed by atoms with Gasteiger partial charge in [-0.15, -0.1) is 17.9 Å². The smallest absolute Gasteiger partial charge is 0.341 e. The lowest BCUT2D eigenvalue weighted by Gasteiger charge is -2.11. The van der Waals surface area contributed by atoms with E-state index in [-0.39, 0.29) is 35.4 Å². The number of nitrogens with zero attached hydrogens (tertiary/aromatic N) is 1. The lowest BCUT2D eigenvalue weighted by atomic mass is 9.97. The molecule has 0 atom stereocenters. The first kappa shape index (κ1) is 24.1. The van der Waals surface area contributed by atoms with Crippen molar-refractivity contribution >= 4 is 40.0 Å². The van der Waals surface area contributed by atoms with Crippen molar-refractivity contribution in [3.63, 3.8) is 0 Å². The summed E-state index contributed by atoms with van der Waals surface area (Å²) in [5, 5.41) is 4.96. The number of hydrogen-bond acceptors (Lipinski definition) is 6. The zero-order valence-corrected chi connectivity index (χ0v) is 20.5. The Balaban J connectivity index is 1.68. The van der Waals surface area contributed by atoms with Gasteiger partial charge in [0.2, 0.25) is 0 Å². The Bertz CT molecular complexity index is 1390. The van der Waals surface area contributed by atoms with E-state index < -0.39 is 23.7 Å². The van der Waals surface area contributed by atoms with Crippen molar-refractivity contribution in [3.05, 3.63) is 87.8 Å². The Labute approximate surface area is 207 Å². The van der Waals surface area contributed by atoms with Gasteiger partial charge in [-0.25, -0.2) is 4.79 Å². The molecule has 3 amide bonds. The van der Waals surface area contributed by atoms with Gasteiger partial charge in [-0.05, 0) is 50.1 Å². The molecule has 0 aliphatic carbocycles. The van der Waals surface area contributed by atoms with E-state index in [4.69, 9.17) is 4.74 Å². The molecule has 0 saturated heterocycles. The van der Waals surface area contributed by atoms with Crippen LogP contribution in [0.3, 0.4) is 0 Å². The van der Waals surface area contributed by atoms with Gasteiger partial charge in [0.05, 0.1) is 17.7 Å². The number of nitrogens with one attached hydrogen (secondary N) is 1. The molecule has 2 aromatic carbocycles. The highest BCUT2D eigenvalue weighted by molar-refractivity contribution is 7.15. The number of esters is 1. The van der Waals surface area contributed by atoms with Crippen molar-refractivity contribution in [2.24, 2.45) is 0 Å². The summed E-state index contributed by atoms with van der Waals surface area (Å²) in [6, 6.07) is 10.3. The zero-order valence-electron chi connectivity index (χ0n) is 19.6. The fourth-order valence-corrected chi connectivity index (χ4v) is 5.02. The van der Waals surface area contributed by atoms with Crippen LogP contribution in [0.1, 0.15) is 59.5 Å². The number of ether oxygens (including phenoxy) is 1. The number of aryl methyl sites for hydroxylation is 2. The molecule has 0 bridgehead atoms. The standard InChI is InChI=1S/C27H24N2O5S/c1-5-11-29-25(31)19-10-8-17(13-20(19)26(29)32)23(30)28-24-22(27(33)34-6-2)21(14-35-24)18-9-7-15(3)12-16(18)4/h5,7-10,12-14H,1,6,11H2,2-4H3,(H,28,30). The molecule has 1 aliphatic heterocycles. The van der Waals surface area contributed by atoms with Crippen LogP contribution in [0.25, 0.3) is 11.1 Å². The molecule has 35 heavy (non-hydrogen) atoms. The number of amides is 3. The number of rotatable bonds is 7. The minimum Gasteiger partial charge on any atom is -0.462 e. The molecule has 1 aliphatic rings. The highest BCUT2D eigenvalue weighted by atomic mass is 32.1. The first-order valence-corrected chi connectivity index (χ1v) is 11.9. The molecule has 1 N–H and O–H groups in total. The summed E-state index contributed by atoms with van der Waals surface area (Å²) >= 11 is 1.22. The summed E-state index contributed by atoms with van der Waals surface area (Å²) in [6.07, 6.45) is 1.47. The molecule has 4 rings (SSSR count). The van der Waals surface area contributed by atoms with E-state index >= 15 is 0 Å². The van der Waals surface area contributed by atoms with Gasteiger partial charge < -0.3 is 10.1 Å². The summed E-state index contributed by atoms with van der Waals surface area (Å²) in [5.41, 5.74) is 4.53. The molecule has 1 aromatic heterocycles. The van der Waals surface area contributed by atoms with Crippen molar-refractivity contribution < 1.29 is 23.9 Å². The molecule has 8 heteroatoms. The van der Waals surface area contributed by atoms with Crippen LogP contribution in [0, 0.1) is 13.8 Å². The fraction of sp³-hybridized carbons (Fsp3) is 0.185. The largest absolute Gasteiger partial charge is 0.462 e. The van der Waals surface area contributed by atoms with Gasteiger partial charge in [0, 0.05) is 23.1 Å². The summed E-state index contributed by atoms with van der Waals surface area (Å²) < 4.78 is 5.28. The third-order valence-corrected chi connectivity index (χ3v) is 6.61. The van der Waals surface area contributed by atoms with Crippen molar-refractivity contribution in [3.8, 4) is 11.1 Å². The molecule has 0 unspecified atom stereocenters.